The van der Waals surface area contributed by atoms with Crippen LogP contribution in [0.5, 0.6) is 0 Å². The molecule has 0 saturated carbocycles. The normalized spacial score (nSPS) is 11.5. The highest BCUT2D eigenvalue weighted by molar-refractivity contribution is 5.97. The van der Waals surface area contributed by atoms with Gasteiger partial charge in [-0.1, -0.05) is 36.4 Å². The number of pyridine rings is 1. The fraction of sp³-hybridized carbons (Fsp3) is 0.259. The molecule has 0 aliphatic heterocycles. The lowest BCUT2D eigenvalue weighted by atomic mass is 9.83. The van der Waals surface area contributed by atoms with Crippen LogP contribution < -0.4 is 5.56 Å². The second-order valence-electron chi connectivity index (χ2n) is 8.26. The summed E-state index contributed by atoms with van der Waals surface area (Å²) < 4.78 is 6.01. The van der Waals surface area contributed by atoms with Crippen LogP contribution in [0.2, 0.25) is 0 Å². The summed E-state index contributed by atoms with van der Waals surface area (Å²) in [7, 11) is 4.43. The number of ketones is 1. The average molecular weight is 461 g/mol. The second-order valence-corrected chi connectivity index (χ2v) is 8.26. The zero-order chi connectivity index (χ0) is 24.8. The third-order valence-corrected chi connectivity index (χ3v) is 5.86. The van der Waals surface area contributed by atoms with Crippen molar-refractivity contribution >= 4 is 17.7 Å². The molecular formula is C27H28N2O5. The Hall–Kier alpha value is -4.00. The molecule has 1 aromatic heterocycles. The van der Waals surface area contributed by atoms with Crippen molar-refractivity contribution in [3.8, 4) is 0 Å². The molecule has 0 aliphatic carbocycles. The molecule has 3 rings (SSSR count). The van der Waals surface area contributed by atoms with Crippen molar-refractivity contribution in [2.75, 3.05) is 20.7 Å². The molecule has 34 heavy (non-hydrogen) atoms. The van der Waals surface area contributed by atoms with Gasteiger partial charge in [0.1, 0.15) is 6.54 Å². The smallest absolute Gasteiger partial charge is 0.325 e. The first kappa shape index (κ1) is 24.6. The number of methoxy groups -OCH3 is 1. The van der Waals surface area contributed by atoms with Gasteiger partial charge in [-0.15, -0.1) is 0 Å². The summed E-state index contributed by atoms with van der Waals surface area (Å²) in [5.41, 5.74) is 3.69. The molecule has 7 nitrogen and oxygen atoms in total. The number of amides is 1. The number of benzene rings is 2. The van der Waals surface area contributed by atoms with Gasteiger partial charge in [-0.05, 0) is 41.8 Å². The Morgan fingerprint density at radius 2 is 1.62 bits per heavy atom. The van der Waals surface area contributed by atoms with Crippen molar-refractivity contribution in [1.82, 2.24) is 9.47 Å². The van der Waals surface area contributed by atoms with Crippen LogP contribution in [0.15, 0.2) is 71.7 Å². The monoisotopic (exact) mass is 460 g/mol. The van der Waals surface area contributed by atoms with E-state index in [-0.39, 0.29) is 36.1 Å². The zero-order valence-corrected chi connectivity index (χ0v) is 19.8. The zero-order valence-electron chi connectivity index (χ0n) is 19.8. The number of hydrogen-bond donors (Lipinski definition) is 0. The summed E-state index contributed by atoms with van der Waals surface area (Å²) in [4.78, 5) is 50.3. The molecule has 3 aromatic rings. The van der Waals surface area contributed by atoms with Crippen molar-refractivity contribution in [3.63, 3.8) is 0 Å². The van der Waals surface area contributed by atoms with Gasteiger partial charge in [-0.2, -0.15) is 0 Å². The van der Waals surface area contributed by atoms with Crippen molar-refractivity contribution in [1.29, 1.82) is 0 Å². The quantitative estimate of drug-likeness (QED) is 0.380. The van der Waals surface area contributed by atoms with Crippen LogP contribution in [-0.4, -0.2) is 47.8 Å². The van der Waals surface area contributed by atoms with Gasteiger partial charge in [0.15, 0.2) is 5.78 Å². The van der Waals surface area contributed by atoms with Crippen LogP contribution in [0.25, 0.3) is 0 Å². The lowest BCUT2D eigenvalue weighted by molar-refractivity contribution is -0.141. The van der Waals surface area contributed by atoms with Gasteiger partial charge in [-0.25, -0.2) is 0 Å². The van der Waals surface area contributed by atoms with E-state index in [1.807, 2.05) is 43.3 Å². The summed E-state index contributed by atoms with van der Waals surface area (Å²) in [6.45, 7) is 1.86. The number of carbonyl (C=O) groups is 3. The Kier molecular flexibility index (Phi) is 7.79. The number of hydrogen-bond acceptors (Lipinski definition) is 5. The summed E-state index contributed by atoms with van der Waals surface area (Å²) in [5.74, 6) is -1.11. The fourth-order valence-corrected chi connectivity index (χ4v) is 3.86. The van der Waals surface area contributed by atoms with Crippen LogP contribution in [0.1, 0.15) is 49.7 Å². The minimum atomic E-state index is -0.496. The lowest BCUT2D eigenvalue weighted by Crippen LogP contribution is -2.32. The molecule has 1 unspecified atom stereocenters. The van der Waals surface area contributed by atoms with Crippen molar-refractivity contribution < 1.29 is 19.1 Å². The Labute approximate surface area is 198 Å². The van der Waals surface area contributed by atoms with Gasteiger partial charge >= 0.3 is 5.97 Å². The van der Waals surface area contributed by atoms with Crippen LogP contribution in [0, 0.1) is 6.92 Å². The number of aromatic nitrogens is 1. The van der Waals surface area contributed by atoms with Crippen LogP contribution in [-0.2, 0) is 16.6 Å². The molecule has 0 spiro atoms. The third kappa shape index (κ3) is 5.67. The summed E-state index contributed by atoms with van der Waals surface area (Å²) in [5, 5.41) is 0. The Balaban J connectivity index is 1.91. The number of nitrogens with zero attached hydrogens (tertiary/aromatic N) is 2. The first-order chi connectivity index (χ1) is 16.2. The van der Waals surface area contributed by atoms with Crippen molar-refractivity contribution in [3.05, 3.63) is 105 Å². The topological polar surface area (TPSA) is 85.7 Å². The van der Waals surface area contributed by atoms with E-state index in [2.05, 4.69) is 4.74 Å². The number of aryl methyl sites for hydroxylation is 2. The largest absolute Gasteiger partial charge is 0.468 e. The number of likely N-dealkylation sites (N-methyl/N-ethyl adjacent to an activating group) is 1. The first-order valence-corrected chi connectivity index (χ1v) is 10.9. The SMILES string of the molecule is COC(=O)CN(C)C(=O)c1ccc(C(CC(=O)c2ccc(=O)n(C)c2)c2ccccc2C)cc1. The number of esters is 1. The first-order valence-electron chi connectivity index (χ1n) is 10.9. The molecule has 1 atom stereocenters. The van der Waals surface area contributed by atoms with Gasteiger partial charge in [0.25, 0.3) is 5.91 Å². The molecule has 0 aliphatic rings. The molecule has 0 saturated heterocycles. The molecular weight excluding hydrogens is 432 g/mol. The number of rotatable bonds is 8. The maximum atomic E-state index is 13.2. The molecule has 2 aromatic carbocycles. The van der Waals surface area contributed by atoms with E-state index >= 15 is 0 Å². The Morgan fingerprint density at radius 3 is 2.24 bits per heavy atom. The number of Topliss-reactive ketones (excluding diaryl/α,β-unsaturated/α-hetero) is 1. The molecule has 1 heterocycles. The van der Waals surface area contributed by atoms with Crippen molar-refractivity contribution in [2.24, 2.45) is 7.05 Å². The van der Waals surface area contributed by atoms with E-state index in [1.165, 1.54) is 29.7 Å². The fourth-order valence-electron chi connectivity index (χ4n) is 3.86. The standard InChI is InChI=1S/C27H28N2O5/c1-18-7-5-6-8-22(18)23(15-24(30)21-13-14-25(31)28(2)16-21)19-9-11-20(12-10-19)27(33)29(3)17-26(32)34-4/h5-14,16,23H,15,17H2,1-4H3. The molecule has 176 valence electrons. The van der Waals surface area contributed by atoms with Gasteiger partial charge in [0.2, 0.25) is 5.56 Å². The van der Waals surface area contributed by atoms with Crippen LogP contribution >= 0.6 is 0 Å². The van der Waals surface area contributed by atoms with Gasteiger partial charge < -0.3 is 14.2 Å². The van der Waals surface area contributed by atoms with E-state index in [0.717, 1.165) is 16.7 Å². The van der Waals surface area contributed by atoms with Gasteiger partial charge in [0.05, 0.1) is 7.11 Å². The molecule has 0 radical (unpaired) electrons. The summed E-state index contributed by atoms with van der Waals surface area (Å²) in [6.07, 6.45) is 1.76. The van der Waals surface area contributed by atoms with E-state index < -0.39 is 5.97 Å². The highest BCUT2D eigenvalue weighted by Gasteiger charge is 2.22. The predicted molar refractivity (Wildman–Crippen MR) is 129 cm³/mol. The van der Waals surface area contributed by atoms with E-state index in [9.17, 15) is 19.2 Å². The van der Waals surface area contributed by atoms with Crippen molar-refractivity contribution in [2.45, 2.75) is 19.3 Å². The minimum Gasteiger partial charge on any atom is -0.468 e. The van der Waals surface area contributed by atoms with Crippen LogP contribution in [0.4, 0.5) is 0 Å². The molecule has 1 amide bonds. The highest BCUT2D eigenvalue weighted by atomic mass is 16.5. The van der Waals surface area contributed by atoms with Gasteiger partial charge in [0, 0.05) is 49.8 Å². The Bertz CT molecular complexity index is 1260. The molecule has 0 bridgehead atoms. The molecule has 7 heteroatoms. The Morgan fingerprint density at radius 1 is 0.971 bits per heavy atom. The maximum absolute atomic E-state index is 13.2. The third-order valence-electron chi connectivity index (χ3n) is 5.86. The molecule has 0 fully saturated rings. The molecule has 0 N–H and O–H groups in total. The summed E-state index contributed by atoms with van der Waals surface area (Å²) in [6, 6.07) is 17.9. The second kappa shape index (κ2) is 10.7. The number of carbonyl (C=O) groups excluding carboxylic acids is 3. The minimum absolute atomic E-state index is 0.0817. The predicted octanol–water partition coefficient (Wildman–Crippen LogP) is 3.34. The maximum Gasteiger partial charge on any atom is 0.325 e. The van der Waals surface area contributed by atoms with Crippen LogP contribution in [0.3, 0.4) is 0 Å². The van der Waals surface area contributed by atoms with E-state index in [4.69, 9.17) is 0 Å². The van der Waals surface area contributed by atoms with E-state index in [1.54, 1.807) is 31.4 Å². The highest BCUT2D eigenvalue weighted by Crippen LogP contribution is 2.32. The van der Waals surface area contributed by atoms with E-state index in [0.29, 0.717) is 11.1 Å². The average Bonchev–Trinajstić information content (AvgIpc) is 2.84. The van der Waals surface area contributed by atoms with Gasteiger partial charge in [-0.3, -0.25) is 19.2 Å². The lowest BCUT2D eigenvalue weighted by Gasteiger charge is -2.21. The summed E-state index contributed by atoms with van der Waals surface area (Å²) >= 11 is 0. The number of ether oxygens (including phenoxy) is 1.